The van der Waals surface area contributed by atoms with E-state index in [2.05, 4.69) is 14.8 Å². The molecule has 246 valence electrons. The smallest absolute Gasteiger partial charge is 0.489 e. The van der Waals surface area contributed by atoms with Crippen molar-refractivity contribution in [3.05, 3.63) is 83.9 Å². The second-order valence-electron chi connectivity index (χ2n) is 10.3. The molecule has 3 aromatic carbocycles. The summed E-state index contributed by atoms with van der Waals surface area (Å²) in [5.74, 6) is -0.714. The number of halogens is 5. The van der Waals surface area contributed by atoms with Crippen LogP contribution in [0.25, 0.3) is 0 Å². The van der Waals surface area contributed by atoms with Crippen LogP contribution in [-0.4, -0.2) is 58.3 Å². The monoisotopic (exact) mass is 667 g/mol. The molecular formula is C31H30F5N3O6S. The molecule has 3 atom stereocenters. The van der Waals surface area contributed by atoms with Crippen molar-refractivity contribution in [3.8, 4) is 17.6 Å². The van der Waals surface area contributed by atoms with Gasteiger partial charge in [-0.05, 0) is 66.2 Å². The Kier molecular flexibility index (Phi) is 11.1. The molecule has 0 radical (unpaired) electrons. The molecule has 1 N–H and O–H groups in total. The third-order valence-electron chi connectivity index (χ3n) is 7.23. The van der Waals surface area contributed by atoms with Gasteiger partial charge in [-0.15, -0.1) is 13.2 Å². The average Bonchev–Trinajstić information content (AvgIpc) is 3.42. The number of rotatable bonds is 13. The fourth-order valence-electron chi connectivity index (χ4n) is 4.99. The molecule has 1 saturated heterocycles. The van der Waals surface area contributed by atoms with Gasteiger partial charge in [-0.25, -0.2) is 8.42 Å². The van der Waals surface area contributed by atoms with Crippen LogP contribution in [0.4, 0.5) is 27.6 Å². The van der Waals surface area contributed by atoms with Gasteiger partial charge in [0.05, 0.1) is 48.4 Å². The number of carbonyl (C=O) groups excluding carboxylic acids is 1. The van der Waals surface area contributed by atoms with Gasteiger partial charge in [0, 0.05) is 17.7 Å². The third-order valence-corrected chi connectivity index (χ3v) is 8.98. The topological polar surface area (TPSA) is 118 Å². The van der Waals surface area contributed by atoms with Crippen LogP contribution in [0.2, 0.25) is 0 Å². The van der Waals surface area contributed by atoms with Crippen molar-refractivity contribution >= 4 is 21.4 Å². The second-order valence-corrected chi connectivity index (χ2v) is 12.6. The molecule has 1 amide bonds. The summed E-state index contributed by atoms with van der Waals surface area (Å²) >= 11 is 0. The molecule has 9 nitrogen and oxygen atoms in total. The lowest BCUT2D eigenvalue weighted by Crippen LogP contribution is -2.34. The number of hydrogen-bond acceptors (Lipinski definition) is 8. The van der Waals surface area contributed by atoms with E-state index in [0.29, 0.717) is 11.3 Å². The lowest BCUT2D eigenvalue weighted by Gasteiger charge is -2.26. The van der Waals surface area contributed by atoms with Gasteiger partial charge >= 0.3 is 13.0 Å². The Balaban J connectivity index is 1.44. The van der Waals surface area contributed by atoms with E-state index in [9.17, 15) is 40.4 Å². The maximum Gasteiger partial charge on any atom is 0.573 e. The number of ether oxygens (including phenoxy) is 3. The van der Waals surface area contributed by atoms with Gasteiger partial charge < -0.3 is 24.4 Å². The van der Waals surface area contributed by atoms with Crippen LogP contribution >= 0.6 is 0 Å². The summed E-state index contributed by atoms with van der Waals surface area (Å²) < 4.78 is 102. The molecule has 0 saturated carbocycles. The molecule has 1 heterocycles. The van der Waals surface area contributed by atoms with Gasteiger partial charge in [0.25, 0.3) is 5.91 Å². The Bertz CT molecular complexity index is 1610. The molecule has 4 rings (SSSR count). The van der Waals surface area contributed by atoms with Crippen molar-refractivity contribution in [2.45, 2.75) is 55.8 Å². The Hall–Kier alpha value is -4.42. The van der Waals surface area contributed by atoms with E-state index in [-0.39, 0.29) is 48.0 Å². The molecule has 1 aliphatic rings. The number of nitriles is 1. The Labute approximate surface area is 262 Å². The minimum Gasteiger partial charge on any atom is -0.489 e. The first-order valence-electron chi connectivity index (χ1n) is 14.1. The molecular weight excluding hydrogens is 637 g/mol. The highest BCUT2D eigenvalue weighted by Crippen LogP contribution is 2.31. The summed E-state index contributed by atoms with van der Waals surface area (Å²) in [6.45, 7) is -1.56. The number of alkyl halides is 5. The van der Waals surface area contributed by atoms with Crippen LogP contribution in [0.15, 0.2) is 77.7 Å². The molecule has 1 fully saturated rings. The van der Waals surface area contributed by atoms with Crippen molar-refractivity contribution < 1.29 is 49.4 Å². The van der Waals surface area contributed by atoms with Crippen LogP contribution in [0.5, 0.6) is 11.5 Å². The zero-order chi connectivity index (χ0) is 33.5. The number of carbonyl (C=O) groups is 1. The average molecular weight is 668 g/mol. The Morgan fingerprint density at radius 1 is 1.02 bits per heavy atom. The first kappa shape index (κ1) is 34.5. The molecule has 0 spiro atoms. The highest BCUT2D eigenvalue weighted by Gasteiger charge is 2.35. The first-order valence-corrected chi connectivity index (χ1v) is 15.7. The third kappa shape index (κ3) is 9.30. The van der Waals surface area contributed by atoms with Gasteiger partial charge in [0.15, 0.2) is 9.84 Å². The maximum atomic E-state index is 13.1. The Morgan fingerprint density at radius 2 is 1.65 bits per heavy atom. The highest BCUT2D eigenvalue weighted by atomic mass is 32.2. The number of benzene rings is 3. The lowest BCUT2D eigenvalue weighted by atomic mass is 10.0. The standard InChI is InChI=1S/C31H30F5N3O6S/c1-2-46(41,42)27-13-5-20(6-14-27)28(15-16-37)38-29(40)21-3-7-22(8-4-21)39-18-26(17-23(39)19-43-30(32)33)44-24-9-11-25(12-10-24)45-31(34,35)36/h3-14,23,26,28,30H,2,15,17-19H2,1H3,(H,38,40)/t23-,26-,28-/m0/s1. The summed E-state index contributed by atoms with van der Waals surface area (Å²) in [6, 6.07) is 17.9. The fourth-order valence-corrected chi connectivity index (χ4v) is 5.88. The minimum atomic E-state index is -4.84. The molecule has 0 aromatic heterocycles. The van der Waals surface area contributed by atoms with Crippen LogP contribution in [0.3, 0.4) is 0 Å². The largest absolute Gasteiger partial charge is 0.573 e. The van der Waals surface area contributed by atoms with E-state index in [1.807, 2.05) is 6.07 Å². The van der Waals surface area contributed by atoms with E-state index < -0.39 is 52.7 Å². The van der Waals surface area contributed by atoms with Crippen LogP contribution in [-0.2, 0) is 14.6 Å². The number of hydrogen-bond donors (Lipinski definition) is 1. The molecule has 15 heteroatoms. The van der Waals surface area contributed by atoms with Crippen LogP contribution in [0, 0.1) is 11.3 Å². The molecule has 46 heavy (non-hydrogen) atoms. The van der Waals surface area contributed by atoms with Crippen LogP contribution < -0.4 is 19.7 Å². The minimum absolute atomic E-state index is 0.0657. The van der Waals surface area contributed by atoms with E-state index in [0.717, 1.165) is 12.1 Å². The molecule has 0 bridgehead atoms. The van der Waals surface area contributed by atoms with Gasteiger partial charge in [-0.3, -0.25) is 4.79 Å². The number of nitrogens with zero attached hydrogens (tertiary/aromatic N) is 2. The number of nitrogens with one attached hydrogen (secondary N) is 1. The summed E-state index contributed by atoms with van der Waals surface area (Å²) in [4.78, 5) is 15.0. The van der Waals surface area contributed by atoms with Gasteiger partial charge in [0.1, 0.15) is 17.6 Å². The molecule has 0 aliphatic carbocycles. The normalized spacial score (nSPS) is 17.4. The first-order chi connectivity index (χ1) is 21.8. The zero-order valence-corrected chi connectivity index (χ0v) is 25.2. The molecule has 0 unspecified atom stereocenters. The van der Waals surface area contributed by atoms with Crippen molar-refractivity contribution in [3.63, 3.8) is 0 Å². The quantitative estimate of drug-likeness (QED) is 0.220. The van der Waals surface area contributed by atoms with E-state index in [1.54, 1.807) is 29.2 Å². The summed E-state index contributed by atoms with van der Waals surface area (Å²) in [7, 11) is -3.42. The molecule has 1 aliphatic heterocycles. The van der Waals surface area contributed by atoms with Crippen molar-refractivity contribution in [2.75, 3.05) is 23.8 Å². The summed E-state index contributed by atoms with van der Waals surface area (Å²) in [5.41, 5.74) is 1.39. The van der Waals surface area contributed by atoms with E-state index in [4.69, 9.17) is 4.74 Å². The highest BCUT2D eigenvalue weighted by molar-refractivity contribution is 7.91. The zero-order valence-electron chi connectivity index (χ0n) is 24.4. The van der Waals surface area contributed by atoms with Crippen LogP contribution in [0.1, 0.15) is 41.7 Å². The van der Waals surface area contributed by atoms with E-state index in [1.165, 1.54) is 43.3 Å². The van der Waals surface area contributed by atoms with Crippen molar-refractivity contribution in [2.24, 2.45) is 0 Å². The van der Waals surface area contributed by atoms with E-state index >= 15 is 0 Å². The summed E-state index contributed by atoms with van der Waals surface area (Å²) in [5, 5.41) is 12.1. The lowest BCUT2D eigenvalue weighted by molar-refractivity contribution is -0.274. The maximum absolute atomic E-state index is 13.1. The Morgan fingerprint density at radius 3 is 2.22 bits per heavy atom. The number of amides is 1. The predicted octanol–water partition coefficient (Wildman–Crippen LogP) is 6.03. The van der Waals surface area contributed by atoms with Crippen molar-refractivity contribution in [1.29, 1.82) is 5.26 Å². The second kappa shape index (κ2) is 14.8. The van der Waals surface area contributed by atoms with Gasteiger partial charge in [-0.1, -0.05) is 19.1 Å². The number of anilines is 1. The molecule has 3 aromatic rings. The number of sulfone groups is 1. The predicted molar refractivity (Wildman–Crippen MR) is 156 cm³/mol. The fraction of sp³-hybridized carbons (Fsp3) is 0.355. The van der Waals surface area contributed by atoms with Gasteiger partial charge in [0.2, 0.25) is 0 Å². The van der Waals surface area contributed by atoms with Crippen molar-refractivity contribution in [1.82, 2.24) is 5.32 Å². The van der Waals surface area contributed by atoms with Gasteiger partial charge in [-0.2, -0.15) is 14.0 Å². The SMILES string of the molecule is CCS(=O)(=O)c1ccc([C@H](CC#N)NC(=O)c2ccc(N3C[C@@H](Oc4ccc(OC(F)(F)F)cc4)C[C@H]3COC(F)F)cc2)cc1. The summed E-state index contributed by atoms with van der Waals surface area (Å²) in [6.07, 6.45) is -5.16.